The topological polar surface area (TPSA) is 44.2 Å². The minimum atomic E-state index is -0.465. The van der Waals surface area contributed by atoms with Crippen molar-refractivity contribution in [2.24, 2.45) is 0 Å². The fourth-order valence-corrected chi connectivity index (χ4v) is 3.65. The van der Waals surface area contributed by atoms with Gasteiger partial charge in [0, 0.05) is 27.7 Å². The first-order valence-electron chi connectivity index (χ1n) is 9.28. The van der Waals surface area contributed by atoms with Crippen LogP contribution in [0.5, 0.6) is 0 Å². The third-order valence-corrected chi connectivity index (χ3v) is 5.94. The molecule has 5 heteroatoms. The van der Waals surface area contributed by atoms with Crippen LogP contribution in [0, 0.1) is 0 Å². The zero-order valence-electron chi connectivity index (χ0n) is 16.0. The first-order valence-corrected chi connectivity index (χ1v) is 9.28. The molecule has 0 spiro atoms. The monoisotopic (exact) mass is 356 g/mol. The maximum Gasteiger partial charge on any atom is 0.514 e. The zero-order chi connectivity index (χ0) is 18.8. The Labute approximate surface area is 158 Å². The molecule has 2 aromatic carbocycles. The molecular weight excluding hydrogens is 335 g/mol. The van der Waals surface area contributed by atoms with Gasteiger partial charge >= 0.3 is 7.12 Å². The SMILES string of the molecule is CC1(C)OB(c2ccc3ccc4c(ccc5cccnc54)c3n2)OC1(C)C. The highest BCUT2D eigenvalue weighted by atomic mass is 16.7. The molecule has 2 aromatic heterocycles. The first-order chi connectivity index (χ1) is 12.9. The fraction of sp³-hybridized carbons (Fsp3) is 0.273. The van der Waals surface area contributed by atoms with Gasteiger partial charge in [-0.3, -0.25) is 9.97 Å². The summed E-state index contributed by atoms with van der Waals surface area (Å²) in [5.74, 6) is 0. The Morgan fingerprint density at radius 2 is 1.33 bits per heavy atom. The summed E-state index contributed by atoms with van der Waals surface area (Å²) in [7, 11) is -0.465. The Balaban J connectivity index is 1.71. The summed E-state index contributed by atoms with van der Waals surface area (Å²) in [5.41, 5.74) is 1.99. The molecule has 4 nitrogen and oxygen atoms in total. The minimum absolute atomic E-state index is 0.382. The van der Waals surface area contributed by atoms with Crippen molar-refractivity contribution in [2.75, 3.05) is 0 Å². The van der Waals surface area contributed by atoms with Gasteiger partial charge in [0.2, 0.25) is 0 Å². The molecule has 1 aliphatic rings. The zero-order valence-corrected chi connectivity index (χ0v) is 16.0. The van der Waals surface area contributed by atoms with Crippen LogP contribution in [0.4, 0.5) is 0 Å². The van der Waals surface area contributed by atoms with Crippen LogP contribution in [0.3, 0.4) is 0 Å². The van der Waals surface area contributed by atoms with Gasteiger partial charge in [0.05, 0.1) is 27.8 Å². The molecule has 5 rings (SSSR count). The summed E-state index contributed by atoms with van der Waals surface area (Å²) in [6.07, 6.45) is 1.83. The average molecular weight is 356 g/mol. The lowest BCUT2D eigenvalue weighted by Gasteiger charge is -2.32. The molecule has 0 atom stereocenters. The maximum atomic E-state index is 6.18. The van der Waals surface area contributed by atoms with Crippen LogP contribution >= 0.6 is 0 Å². The fourth-order valence-electron chi connectivity index (χ4n) is 3.65. The minimum Gasteiger partial charge on any atom is -0.398 e. The van der Waals surface area contributed by atoms with Crippen LogP contribution in [0.25, 0.3) is 32.6 Å². The molecule has 1 aliphatic heterocycles. The predicted molar refractivity (Wildman–Crippen MR) is 110 cm³/mol. The Kier molecular flexibility index (Phi) is 3.40. The number of pyridine rings is 2. The number of fused-ring (bicyclic) bond motifs is 5. The molecule has 1 fully saturated rings. The lowest BCUT2D eigenvalue weighted by atomic mass is 9.83. The lowest BCUT2D eigenvalue weighted by Crippen LogP contribution is -2.41. The van der Waals surface area contributed by atoms with Crippen molar-refractivity contribution < 1.29 is 9.31 Å². The normalized spacial score (nSPS) is 18.6. The van der Waals surface area contributed by atoms with E-state index in [4.69, 9.17) is 14.3 Å². The molecular formula is C22H21BN2O2. The molecule has 0 amide bonds. The molecule has 134 valence electrons. The van der Waals surface area contributed by atoms with E-state index >= 15 is 0 Å². The largest absolute Gasteiger partial charge is 0.514 e. The number of nitrogens with zero attached hydrogens (tertiary/aromatic N) is 2. The van der Waals surface area contributed by atoms with Crippen molar-refractivity contribution in [1.82, 2.24) is 9.97 Å². The summed E-state index contributed by atoms with van der Waals surface area (Å²) in [6, 6.07) is 16.6. The van der Waals surface area contributed by atoms with Gasteiger partial charge in [-0.05, 0) is 39.8 Å². The first kappa shape index (κ1) is 16.7. The van der Waals surface area contributed by atoms with Gasteiger partial charge in [-0.25, -0.2) is 0 Å². The predicted octanol–water partition coefficient (Wildman–Crippen LogP) is 4.24. The summed E-state index contributed by atoms with van der Waals surface area (Å²) in [4.78, 5) is 9.52. The van der Waals surface area contributed by atoms with Crippen LogP contribution in [0.15, 0.2) is 54.7 Å². The van der Waals surface area contributed by atoms with Crippen LogP contribution in [-0.2, 0) is 9.31 Å². The Hall–Kier alpha value is -2.50. The van der Waals surface area contributed by atoms with Crippen LogP contribution in [0.2, 0.25) is 0 Å². The Morgan fingerprint density at radius 1 is 0.741 bits per heavy atom. The summed E-state index contributed by atoms with van der Waals surface area (Å²) < 4.78 is 12.4. The number of benzene rings is 2. The molecule has 0 unspecified atom stereocenters. The van der Waals surface area contributed by atoms with Gasteiger partial charge in [0.25, 0.3) is 0 Å². The van der Waals surface area contributed by atoms with Crippen molar-refractivity contribution in [3.63, 3.8) is 0 Å². The van der Waals surface area contributed by atoms with E-state index in [-0.39, 0.29) is 11.2 Å². The molecule has 4 aromatic rings. The Morgan fingerprint density at radius 3 is 2.04 bits per heavy atom. The third kappa shape index (κ3) is 2.46. The molecule has 0 aliphatic carbocycles. The molecule has 27 heavy (non-hydrogen) atoms. The number of aromatic nitrogens is 2. The van der Waals surface area contributed by atoms with Gasteiger partial charge in [0.15, 0.2) is 0 Å². The van der Waals surface area contributed by atoms with Crippen LogP contribution < -0.4 is 5.59 Å². The maximum absolute atomic E-state index is 6.18. The molecule has 0 N–H and O–H groups in total. The van der Waals surface area contributed by atoms with E-state index in [0.29, 0.717) is 0 Å². The van der Waals surface area contributed by atoms with E-state index in [1.165, 1.54) is 0 Å². The van der Waals surface area contributed by atoms with Crippen molar-refractivity contribution >= 4 is 45.3 Å². The van der Waals surface area contributed by atoms with Crippen LogP contribution in [-0.4, -0.2) is 28.3 Å². The van der Waals surface area contributed by atoms with Crippen molar-refractivity contribution in [3.8, 4) is 0 Å². The lowest BCUT2D eigenvalue weighted by molar-refractivity contribution is 0.00578. The second-order valence-corrected chi connectivity index (χ2v) is 8.20. The second-order valence-electron chi connectivity index (χ2n) is 8.20. The number of rotatable bonds is 1. The van der Waals surface area contributed by atoms with Gasteiger partial charge in [-0.1, -0.05) is 36.4 Å². The quantitative estimate of drug-likeness (QED) is 0.378. The van der Waals surface area contributed by atoms with Gasteiger partial charge in [0.1, 0.15) is 0 Å². The molecule has 1 saturated heterocycles. The smallest absolute Gasteiger partial charge is 0.398 e. The van der Waals surface area contributed by atoms with Gasteiger partial charge in [-0.2, -0.15) is 0 Å². The third-order valence-electron chi connectivity index (χ3n) is 5.94. The molecule has 0 bridgehead atoms. The van der Waals surface area contributed by atoms with E-state index < -0.39 is 7.12 Å². The van der Waals surface area contributed by atoms with E-state index in [2.05, 4.69) is 69.1 Å². The highest BCUT2D eigenvalue weighted by molar-refractivity contribution is 6.61. The second kappa shape index (κ2) is 5.50. The Bertz CT molecular complexity index is 1190. The highest BCUT2D eigenvalue weighted by Gasteiger charge is 2.52. The molecule has 0 radical (unpaired) electrons. The average Bonchev–Trinajstić information content (AvgIpc) is 2.88. The van der Waals surface area contributed by atoms with Crippen molar-refractivity contribution in [2.45, 2.75) is 38.9 Å². The van der Waals surface area contributed by atoms with Gasteiger partial charge in [-0.15, -0.1) is 0 Å². The van der Waals surface area contributed by atoms with Crippen molar-refractivity contribution in [1.29, 1.82) is 0 Å². The standard InChI is InChI=1S/C22H21BN2O2/c1-21(2)22(3,4)27-23(26-21)18-12-9-15-8-10-16-17(20(15)25-18)11-7-14-6-5-13-24-19(14)16/h5-13H,1-4H3. The van der Waals surface area contributed by atoms with E-state index in [9.17, 15) is 0 Å². The molecule has 0 saturated carbocycles. The van der Waals surface area contributed by atoms with Crippen LogP contribution in [0.1, 0.15) is 27.7 Å². The van der Waals surface area contributed by atoms with Crippen molar-refractivity contribution in [3.05, 3.63) is 54.7 Å². The summed E-state index contributed by atoms with van der Waals surface area (Å²) >= 11 is 0. The number of hydrogen-bond donors (Lipinski definition) is 0. The molecule has 3 heterocycles. The van der Waals surface area contributed by atoms with E-state index in [1.54, 1.807) is 0 Å². The number of hydrogen-bond acceptors (Lipinski definition) is 4. The van der Waals surface area contributed by atoms with Gasteiger partial charge < -0.3 is 9.31 Å². The summed E-state index contributed by atoms with van der Waals surface area (Å²) in [5, 5.41) is 4.43. The van der Waals surface area contributed by atoms with E-state index in [1.807, 2.05) is 18.3 Å². The van der Waals surface area contributed by atoms with E-state index in [0.717, 1.165) is 38.2 Å². The highest BCUT2D eigenvalue weighted by Crippen LogP contribution is 2.36. The summed E-state index contributed by atoms with van der Waals surface area (Å²) in [6.45, 7) is 8.23.